The zero-order chi connectivity index (χ0) is 18.4. The molecule has 1 amide bonds. The number of nitrogens with zero attached hydrogens (tertiary/aromatic N) is 4. The lowest BCUT2D eigenvalue weighted by Crippen LogP contribution is -2.47. The zero-order valence-electron chi connectivity index (χ0n) is 14.9. The fraction of sp³-hybridized carbons (Fsp3) is 0.500. The Morgan fingerprint density at radius 2 is 2.27 bits per heavy atom. The van der Waals surface area contributed by atoms with Crippen LogP contribution in [0.3, 0.4) is 0 Å². The average Bonchev–Trinajstić information content (AvgIpc) is 3.04. The molecule has 140 valence electrons. The van der Waals surface area contributed by atoms with Crippen molar-refractivity contribution < 1.29 is 13.9 Å². The van der Waals surface area contributed by atoms with Gasteiger partial charge in [-0.15, -0.1) is 5.10 Å². The predicted molar refractivity (Wildman–Crippen MR) is 93.8 cm³/mol. The number of benzene rings is 1. The molecule has 0 saturated carbocycles. The van der Waals surface area contributed by atoms with E-state index in [2.05, 4.69) is 20.5 Å². The van der Waals surface area contributed by atoms with Crippen LogP contribution in [0.4, 0.5) is 4.39 Å². The van der Waals surface area contributed by atoms with E-state index < -0.39 is 0 Å². The molecule has 7 nitrogen and oxygen atoms in total. The summed E-state index contributed by atoms with van der Waals surface area (Å²) in [7, 11) is 0. The van der Waals surface area contributed by atoms with Crippen LogP contribution in [0.5, 0.6) is 0 Å². The van der Waals surface area contributed by atoms with E-state index in [0.717, 1.165) is 5.69 Å². The van der Waals surface area contributed by atoms with Crippen molar-refractivity contribution >= 4 is 5.91 Å². The highest BCUT2D eigenvalue weighted by Gasteiger charge is 2.26. The van der Waals surface area contributed by atoms with E-state index in [1.165, 1.54) is 6.07 Å². The van der Waals surface area contributed by atoms with Crippen molar-refractivity contribution in [2.24, 2.45) is 0 Å². The van der Waals surface area contributed by atoms with E-state index >= 15 is 0 Å². The molecule has 2 aromatic rings. The SMILES string of the molecule is Cc1cn(CCNC(=O)C[C@H]2COCCN2Cc2ccccc2F)nn1. The van der Waals surface area contributed by atoms with Gasteiger partial charge < -0.3 is 10.1 Å². The molecule has 1 aliphatic heterocycles. The summed E-state index contributed by atoms with van der Waals surface area (Å²) in [6.07, 6.45) is 2.15. The third-order valence-corrected chi connectivity index (χ3v) is 4.42. The number of carbonyl (C=O) groups is 1. The standard InChI is InChI=1S/C18H24FN5O2/c1-14-11-24(22-21-14)7-6-20-18(25)10-16-13-26-9-8-23(16)12-15-4-2-3-5-17(15)19/h2-5,11,16H,6-10,12-13H2,1H3,(H,20,25)/t16-/m0/s1. The summed E-state index contributed by atoms with van der Waals surface area (Å²) in [5.74, 6) is -0.263. The Labute approximate surface area is 152 Å². The molecular formula is C18H24FN5O2. The molecule has 0 unspecified atom stereocenters. The Morgan fingerprint density at radius 3 is 3.04 bits per heavy atom. The molecule has 1 aromatic heterocycles. The van der Waals surface area contributed by atoms with Gasteiger partial charge in [0.1, 0.15) is 5.82 Å². The zero-order valence-corrected chi connectivity index (χ0v) is 14.9. The molecule has 1 N–H and O–H groups in total. The molecule has 0 spiro atoms. The number of ether oxygens (including phenoxy) is 1. The quantitative estimate of drug-likeness (QED) is 0.801. The molecule has 1 fully saturated rings. The van der Waals surface area contributed by atoms with Crippen molar-refractivity contribution in [3.8, 4) is 0 Å². The van der Waals surface area contributed by atoms with Crippen LogP contribution >= 0.6 is 0 Å². The maximum atomic E-state index is 13.9. The van der Waals surface area contributed by atoms with Gasteiger partial charge in [-0.3, -0.25) is 14.4 Å². The first kappa shape index (κ1) is 18.5. The van der Waals surface area contributed by atoms with Gasteiger partial charge in [-0.2, -0.15) is 0 Å². The molecule has 2 heterocycles. The van der Waals surface area contributed by atoms with Gasteiger partial charge in [-0.1, -0.05) is 23.4 Å². The van der Waals surface area contributed by atoms with Gasteiger partial charge in [-0.05, 0) is 13.0 Å². The second-order valence-electron chi connectivity index (χ2n) is 6.47. The third-order valence-electron chi connectivity index (χ3n) is 4.42. The number of aromatic nitrogens is 3. The summed E-state index contributed by atoms with van der Waals surface area (Å²) in [6.45, 7) is 5.17. The van der Waals surface area contributed by atoms with E-state index in [1.807, 2.05) is 19.2 Å². The van der Waals surface area contributed by atoms with Gasteiger partial charge in [0.25, 0.3) is 0 Å². The van der Waals surface area contributed by atoms with Crippen molar-refractivity contribution in [1.29, 1.82) is 0 Å². The number of rotatable bonds is 7. The summed E-state index contributed by atoms with van der Waals surface area (Å²) in [4.78, 5) is 14.4. The van der Waals surface area contributed by atoms with Gasteiger partial charge in [0, 0.05) is 43.9 Å². The number of nitrogens with one attached hydrogen (secondary N) is 1. The number of carbonyl (C=O) groups excluding carboxylic acids is 1. The summed E-state index contributed by atoms with van der Waals surface area (Å²) >= 11 is 0. The fourth-order valence-corrected chi connectivity index (χ4v) is 3.03. The van der Waals surface area contributed by atoms with E-state index in [1.54, 1.807) is 16.8 Å². The van der Waals surface area contributed by atoms with Crippen LogP contribution in [0.15, 0.2) is 30.5 Å². The van der Waals surface area contributed by atoms with Gasteiger partial charge in [0.05, 0.1) is 25.5 Å². The summed E-state index contributed by atoms with van der Waals surface area (Å²) in [5.41, 5.74) is 1.49. The Hall–Kier alpha value is -2.32. The highest BCUT2D eigenvalue weighted by atomic mass is 19.1. The summed E-state index contributed by atoms with van der Waals surface area (Å²) < 4.78 is 21.1. The molecule has 0 aliphatic carbocycles. The largest absolute Gasteiger partial charge is 0.378 e. The maximum absolute atomic E-state index is 13.9. The highest BCUT2D eigenvalue weighted by molar-refractivity contribution is 5.76. The smallest absolute Gasteiger partial charge is 0.221 e. The molecule has 1 aromatic carbocycles. The fourth-order valence-electron chi connectivity index (χ4n) is 3.03. The van der Waals surface area contributed by atoms with Gasteiger partial charge in [0.15, 0.2) is 0 Å². The maximum Gasteiger partial charge on any atom is 0.221 e. The van der Waals surface area contributed by atoms with Crippen molar-refractivity contribution in [2.45, 2.75) is 32.5 Å². The number of amides is 1. The number of hydrogen-bond acceptors (Lipinski definition) is 5. The van der Waals surface area contributed by atoms with Gasteiger partial charge in [-0.25, -0.2) is 4.39 Å². The van der Waals surface area contributed by atoms with E-state index in [4.69, 9.17) is 4.74 Å². The lowest BCUT2D eigenvalue weighted by Gasteiger charge is -2.35. The average molecular weight is 361 g/mol. The van der Waals surface area contributed by atoms with Crippen LogP contribution in [0.25, 0.3) is 0 Å². The first-order valence-electron chi connectivity index (χ1n) is 8.80. The Kier molecular flexibility index (Phi) is 6.30. The molecular weight excluding hydrogens is 337 g/mol. The number of morpholine rings is 1. The van der Waals surface area contributed by atoms with Crippen LogP contribution in [-0.2, 0) is 22.6 Å². The lowest BCUT2D eigenvalue weighted by atomic mass is 10.1. The summed E-state index contributed by atoms with van der Waals surface area (Å²) in [5, 5.41) is 10.8. The van der Waals surface area contributed by atoms with Gasteiger partial charge >= 0.3 is 0 Å². The second-order valence-corrected chi connectivity index (χ2v) is 6.47. The highest BCUT2D eigenvalue weighted by Crippen LogP contribution is 2.16. The van der Waals surface area contributed by atoms with Crippen molar-refractivity contribution in [3.05, 3.63) is 47.5 Å². The normalized spacial score (nSPS) is 18.0. The van der Waals surface area contributed by atoms with E-state index in [9.17, 15) is 9.18 Å². The third kappa shape index (κ3) is 5.09. The Morgan fingerprint density at radius 1 is 1.42 bits per heavy atom. The Balaban J connectivity index is 1.49. The van der Waals surface area contributed by atoms with Crippen molar-refractivity contribution in [2.75, 3.05) is 26.3 Å². The lowest BCUT2D eigenvalue weighted by molar-refractivity contribution is -0.124. The molecule has 8 heteroatoms. The molecule has 26 heavy (non-hydrogen) atoms. The second kappa shape index (κ2) is 8.86. The van der Waals surface area contributed by atoms with Crippen molar-refractivity contribution in [1.82, 2.24) is 25.2 Å². The van der Waals surface area contributed by atoms with Crippen LogP contribution in [0, 0.1) is 12.7 Å². The molecule has 0 radical (unpaired) electrons. The molecule has 3 rings (SSSR count). The van der Waals surface area contributed by atoms with E-state index in [0.29, 0.717) is 51.4 Å². The minimum Gasteiger partial charge on any atom is -0.378 e. The monoisotopic (exact) mass is 361 g/mol. The molecule has 1 aliphatic rings. The number of halogens is 1. The molecule has 0 bridgehead atoms. The van der Waals surface area contributed by atoms with Crippen LogP contribution in [-0.4, -0.2) is 58.1 Å². The van der Waals surface area contributed by atoms with Crippen molar-refractivity contribution in [3.63, 3.8) is 0 Å². The van der Waals surface area contributed by atoms with Crippen LogP contribution < -0.4 is 5.32 Å². The topological polar surface area (TPSA) is 72.3 Å². The van der Waals surface area contributed by atoms with E-state index in [-0.39, 0.29) is 17.8 Å². The van der Waals surface area contributed by atoms with Gasteiger partial charge in [0.2, 0.25) is 5.91 Å². The van der Waals surface area contributed by atoms with Crippen LogP contribution in [0.2, 0.25) is 0 Å². The minimum atomic E-state index is -0.217. The molecule has 1 atom stereocenters. The summed E-state index contributed by atoms with van der Waals surface area (Å²) in [6, 6.07) is 6.69. The first-order valence-corrected chi connectivity index (χ1v) is 8.80. The Bertz CT molecular complexity index is 736. The van der Waals surface area contributed by atoms with Crippen LogP contribution in [0.1, 0.15) is 17.7 Å². The number of hydrogen-bond donors (Lipinski definition) is 1. The molecule has 1 saturated heterocycles. The minimum absolute atomic E-state index is 0.0455. The number of aryl methyl sites for hydroxylation is 1. The first-order chi connectivity index (χ1) is 12.6. The predicted octanol–water partition coefficient (Wildman–Crippen LogP) is 1.13.